The number of oxime groups is 1. The molecule has 0 amide bonds. The Morgan fingerprint density at radius 2 is 1.97 bits per heavy atom. The molecule has 4 heteroatoms. The molecule has 3 atom stereocenters. The van der Waals surface area contributed by atoms with Crippen LogP contribution >= 0.6 is 0 Å². The summed E-state index contributed by atoms with van der Waals surface area (Å²) in [6, 6.07) is 15.4. The highest BCUT2D eigenvalue weighted by molar-refractivity contribution is 5.84. The van der Waals surface area contributed by atoms with Crippen molar-refractivity contribution < 1.29 is 9.57 Å². The first-order valence-corrected chi connectivity index (χ1v) is 10.8. The van der Waals surface area contributed by atoms with Crippen molar-refractivity contribution in [2.45, 2.75) is 64.0 Å². The fourth-order valence-electron chi connectivity index (χ4n) is 4.81. The predicted octanol–water partition coefficient (Wildman–Crippen LogP) is 4.99. The van der Waals surface area contributed by atoms with Crippen LogP contribution in [-0.4, -0.2) is 18.9 Å². The molecule has 2 aromatic rings. The minimum atomic E-state index is 0.384. The van der Waals surface area contributed by atoms with E-state index in [1.165, 1.54) is 23.1 Å². The summed E-state index contributed by atoms with van der Waals surface area (Å²) in [7, 11) is 1.68. The first-order chi connectivity index (χ1) is 14.1. The normalized spacial score (nSPS) is 24.2. The SMILES string of the molecule is COc1ccccc1CO/N=C(\C)C1CCc2cc(C3CCC(N)C3)ccc2C1. The highest BCUT2D eigenvalue weighted by Crippen LogP contribution is 2.36. The molecule has 0 aliphatic heterocycles. The number of hydrogen-bond donors (Lipinski definition) is 1. The standard InChI is InChI=1S/C25H32N2O2/c1-17(27-29-16-23-5-3-4-6-25(23)28-2)18-7-8-20-14-21(10-9-19(20)13-18)22-11-12-24(26)15-22/h3-6,9-10,14,18,22,24H,7-8,11-13,15-16,26H2,1-2H3/b27-17+. The molecule has 1 fully saturated rings. The van der Waals surface area contributed by atoms with Gasteiger partial charge in [0.1, 0.15) is 12.4 Å². The van der Waals surface area contributed by atoms with Gasteiger partial charge in [-0.05, 0) is 74.1 Å². The smallest absolute Gasteiger partial charge is 0.145 e. The monoisotopic (exact) mass is 392 g/mol. The molecule has 0 saturated heterocycles. The maximum Gasteiger partial charge on any atom is 0.145 e. The number of rotatable bonds is 6. The van der Waals surface area contributed by atoms with Gasteiger partial charge < -0.3 is 15.3 Å². The van der Waals surface area contributed by atoms with Gasteiger partial charge in [0, 0.05) is 17.5 Å². The van der Waals surface area contributed by atoms with E-state index in [2.05, 4.69) is 30.3 Å². The second-order valence-electron chi connectivity index (χ2n) is 8.56. The second kappa shape index (κ2) is 9.00. The molecule has 2 N–H and O–H groups in total. The number of fused-ring (bicyclic) bond motifs is 1. The van der Waals surface area contributed by atoms with Gasteiger partial charge in [0.15, 0.2) is 0 Å². The minimum Gasteiger partial charge on any atom is -0.496 e. The summed E-state index contributed by atoms with van der Waals surface area (Å²) in [6.07, 6.45) is 6.83. The van der Waals surface area contributed by atoms with Gasteiger partial charge in [-0.25, -0.2) is 0 Å². The van der Waals surface area contributed by atoms with Crippen LogP contribution in [-0.2, 0) is 24.3 Å². The van der Waals surface area contributed by atoms with Crippen molar-refractivity contribution >= 4 is 5.71 Å². The summed E-state index contributed by atoms with van der Waals surface area (Å²) in [6.45, 7) is 2.52. The number of aryl methyl sites for hydroxylation is 1. The zero-order valence-corrected chi connectivity index (χ0v) is 17.6. The van der Waals surface area contributed by atoms with Gasteiger partial charge in [-0.2, -0.15) is 0 Å². The Labute approximate surface area is 174 Å². The maximum atomic E-state index is 6.11. The van der Waals surface area contributed by atoms with Crippen LogP contribution in [0.25, 0.3) is 0 Å². The number of ether oxygens (including phenoxy) is 1. The molecule has 0 bridgehead atoms. The Morgan fingerprint density at radius 3 is 2.76 bits per heavy atom. The van der Waals surface area contributed by atoms with Crippen molar-refractivity contribution in [3.63, 3.8) is 0 Å². The summed E-state index contributed by atoms with van der Waals surface area (Å²) in [5.74, 6) is 1.94. The summed E-state index contributed by atoms with van der Waals surface area (Å²) in [5.41, 5.74) is 12.7. The van der Waals surface area contributed by atoms with Crippen molar-refractivity contribution in [1.82, 2.24) is 0 Å². The number of para-hydroxylation sites is 1. The van der Waals surface area contributed by atoms with Crippen LogP contribution in [0.15, 0.2) is 47.6 Å². The lowest BCUT2D eigenvalue weighted by molar-refractivity contribution is 0.126. The third-order valence-electron chi connectivity index (χ3n) is 6.62. The summed E-state index contributed by atoms with van der Waals surface area (Å²) < 4.78 is 5.38. The van der Waals surface area contributed by atoms with Gasteiger partial charge in [0.05, 0.1) is 12.8 Å². The Balaban J connectivity index is 1.37. The van der Waals surface area contributed by atoms with Gasteiger partial charge in [-0.3, -0.25) is 0 Å². The lowest BCUT2D eigenvalue weighted by atomic mass is 9.80. The first-order valence-electron chi connectivity index (χ1n) is 10.8. The number of hydrogen-bond acceptors (Lipinski definition) is 4. The van der Waals surface area contributed by atoms with Crippen molar-refractivity contribution in [1.29, 1.82) is 0 Å². The van der Waals surface area contributed by atoms with E-state index < -0.39 is 0 Å². The highest BCUT2D eigenvalue weighted by atomic mass is 16.6. The van der Waals surface area contributed by atoms with Crippen LogP contribution in [0.1, 0.15) is 60.8 Å². The van der Waals surface area contributed by atoms with Crippen LogP contribution in [0, 0.1) is 5.92 Å². The van der Waals surface area contributed by atoms with E-state index in [1.54, 1.807) is 7.11 Å². The third kappa shape index (κ3) is 4.64. The molecule has 0 spiro atoms. The Kier molecular flexibility index (Phi) is 6.19. The molecule has 2 aliphatic carbocycles. The predicted molar refractivity (Wildman–Crippen MR) is 117 cm³/mol. The van der Waals surface area contributed by atoms with Crippen molar-refractivity contribution in [2.24, 2.45) is 16.8 Å². The van der Waals surface area contributed by atoms with E-state index in [1.807, 2.05) is 24.3 Å². The van der Waals surface area contributed by atoms with Crippen molar-refractivity contribution in [3.05, 3.63) is 64.7 Å². The third-order valence-corrected chi connectivity index (χ3v) is 6.62. The van der Waals surface area contributed by atoms with Gasteiger partial charge >= 0.3 is 0 Å². The molecule has 2 aromatic carbocycles. The summed E-state index contributed by atoms with van der Waals surface area (Å²) in [4.78, 5) is 5.66. The highest BCUT2D eigenvalue weighted by Gasteiger charge is 2.26. The Morgan fingerprint density at radius 1 is 1.10 bits per heavy atom. The lowest BCUT2D eigenvalue weighted by Gasteiger charge is -2.25. The molecule has 2 aliphatic rings. The van der Waals surface area contributed by atoms with E-state index in [9.17, 15) is 0 Å². The van der Waals surface area contributed by atoms with Crippen LogP contribution in [0.3, 0.4) is 0 Å². The van der Waals surface area contributed by atoms with Gasteiger partial charge in [0.2, 0.25) is 0 Å². The number of methoxy groups -OCH3 is 1. The quantitative estimate of drug-likeness (QED) is 0.557. The van der Waals surface area contributed by atoms with Crippen LogP contribution in [0.4, 0.5) is 0 Å². The number of nitrogens with two attached hydrogens (primary N) is 1. The molecular weight excluding hydrogens is 360 g/mol. The fourth-order valence-corrected chi connectivity index (χ4v) is 4.81. The first kappa shape index (κ1) is 20.0. The van der Waals surface area contributed by atoms with E-state index in [0.29, 0.717) is 24.5 Å². The fraction of sp³-hybridized carbons (Fsp3) is 0.480. The zero-order valence-electron chi connectivity index (χ0n) is 17.6. The summed E-state index contributed by atoms with van der Waals surface area (Å²) in [5, 5.41) is 4.43. The lowest BCUT2D eigenvalue weighted by Crippen LogP contribution is -2.21. The molecule has 0 aromatic heterocycles. The van der Waals surface area contributed by atoms with Crippen LogP contribution in [0.5, 0.6) is 5.75 Å². The molecular formula is C25H32N2O2. The topological polar surface area (TPSA) is 56.8 Å². The van der Waals surface area contributed by atoms with E-state index in [-0.39, 0.29) is 0 Å². The number of nitrogens with zero attached hydrogens (tertiary/aromatic N) is 1. The minimum absolute atomic E-state index is 0.384. The van der Waals surface area contributed by atoms with Gasteiger partial charge in [-0.1, -0.05) is 41.6 Å². The largest absolute Gasteiger partial charge is 0.496 e. The molecule has 3 unspecified atom stereocenters. The van der Waals surface area contributed by atoms with Crippen molar-refractivity contribution in [2.75, 3.05) is 7.11 Å². The second-order valence-corrected chi connectivity index (χ2v) is 8.56. The van der Waals surface area contributed by atoms with E-state index in [0.717, 1.165) is 49.1 Å². The van der Waals surface area contributed by atoms with Crippen LogP contribution < -0.4 is 10.5 Å². The molecule has 0 radical (unpaired) electrons. The van der Waals surface area contributed by atoms with Crippen molar-refractivity contribution in [3.8, 4) is 5.75 Å². The molecule has 154 valence electrons. The number of benzene rings is 2. The van der Waals surface area contributed by atoms with E-state index in [4.69, 9.17) is 15.3 Å². The Bertz CT molecular complexity index is 877. The van der Waals surface area contributed by atoms with E-state index >= 15 is 0 Å². The zero-order chi connectivity index (χ0) is 20.2. The maximum absolute atomic E-state index is 6.11. The molecule has 0 heterocycles. The average Bonchev–Trinajstić information content (AvgIpc) is 3.19. The summed E-state index contributed by atoms with van der Waals surface area (Å²) >= 11 is 0. The van der Waals surface area contributed by atoms with Gasteiger partial charge in [-0.15, -0.1) is 0 Å². The van der Waals surface area contributed by atoms with Crippen LogP contribution in [0.2, 0.25) is 0 Å². The molecule has 4 rings (SSSR count). The molecule has 29 heavy (non-hydrogen) atoms. The molecule has 1 saturated carbocycles. The van der Waals surface area contributed by atoms with Gasteiger partial charge in [0.25, 0.3) is 0 Å². The Hall–Kier alpha value is -2.33. The average molecular weight is 393 g/mol. The molecule has 4 nitrogen and oxygen atoms in total.